The van der Waals surface area contributed by atoms with Crippen LogP contribution in [0.1, 0.15) is 17.2 Å². The Morgan fingerprint density at radius 1 is 1.62 bits per heavy atom. The SMILES string of the molecule is COc1ccc(Br)c2c1CCO[C@@H]2C(=O)O. The third kappa shape index (κ3) is 1.81. The van der Waals surface area contributed by atoms with Crippen molar-refractivity contribution in [2.75, 3.05) is 13.7 Å². The molecule has 16 heavy (non-hydrogen) atoms. The van der Waals surface area contributed by atoms with Gasteiger partial charge < -0.3 is 14.6 Å². The van der Waals surface area contributed by atoms with E-state index < -0.39 is 12.1 Å². The van der Waals surface area contributed by atoms with Crippen molar-refractivity contribution in [2.45, 2.75) is 12.5 Å². The molecule has 2 rings (SSSR count). The zero-order chi connectivity index (χ0) is 11.7. The molecule has 0 unspecified atom stereocenters. The first-order chi connectivity index (χ1) is 7.65. The molecule has 0 saturated carbocycles. The summed E-state index contributed by atoms with van der Waals surface area (Å²) in [5, 5.41) is 9.09. The number of aliphatic carboxylic acids is 1. The largest absolute Gasteiger partial charge is 0.496 e. The molecule has 1 aromatic carbocycles. The number of carboxylic acid groups (broad SMARTS) is 1. The van der Waals surface area contributed by atoms with Crippen LogP contribution in [0, 0.1) is 0 Å². The fourth-order valence-electron chi connectivity index (χ4n) is 1.91. The number of rotatable bonds is 2. The summed E-state index contributed by atoms with van der Waals surface area (Å²) in [5.41, 5.74) is 1.58. The van der Waals surface area contributed by atoms with Crippen molar-refractivity contribution in [3.63, 3.8) is 0 Å². The highest BCUT2D eigenvalue weighted by molar-refractivity contribution is 9.10. The van der Waals surface area contributed by atoms with Crippen molar-refractivity contribution < 1.29 is 19.4 Å². The lowest BCUT2D eigenvalue weighted by atomic mass is 9.96. The fraction of sp³-hybridized carbons (Fsp3) is 0.364. The van der Waals surface area contributed by atoms with Gasteiger partial charge in [0.25, 0.3) is 0 Å². The minimum Gasteiger partial charge on any atom is -0.496 e. The van der Waals surface area contributed by atoms with Gasteiger partial charge >= 0.3 is 5.97 Å². The maximum Gasteiger partial charge on any atom is 0.337 e. The summed E-state index contributed by atoms with van der Waals surface area (Å²) in [7, 11) is 1.58. The van der Waals surface area contributed by atoms with E-state index in [-0.39, 0.29) is 0 Å². The first-order valence-electron chi connectivity index (χ1n) is 4.85. The Hall–Kier alpha value is -1.07. The number of methoxy groups -OCH3 is 1. The maximum atomic E-state index is 11.1. The molecule has 0 aromatic heterocycles. The van der Waals surface area contributed by atoms with Gasteiger partial charge in [-0.05, 0) is 18.6 Å². The van der Waals surface area contributed by atoms with Crippen LogP contribution in [0.25, 0.3) is 0 Å². The fourth-order valence-corrected chi connectivity index (χ4v) is 2.49. The molecule has 0 saturated heterocycles. The number of carbonyl (C=O) groups is 1. The monoisotopic (exact) mass is 286 g/mol. The molecule has 0 amide bonds. The van der Waals surface area contributed by atoms with Gasteiger partial charge in [-0.25, -0.2) is 4.79 Å². The smallest absolute Gasteiger partial charge is 0.337 e. The van der Waals surface area contributed by atoms with Crippen LogP contribution in [0.4, 0.5) is 0 Å². The minimum atomic E-state index is -0.977. The van der Waals surface area contributed by atoms with Gasteiger partial charge in [-0.2, -0.15) is 0 Å². The lowest BCUT2D eigenvalue weighted by molar-refractivity contribution is -0.151. The van der Waals surface area contributed by atoms with Crippen molar-refractivity contribution in [3.8, 4) is 5.75 Å². The Bertz CT molecular complexity index is 430. The van der Waals surface area contributed by atoms with Crippen molar-refractivity contribution in [2.24, 2.45) is 0 Å². The third-order valence-electron chi connectivity index (χ3n) is 2.60. The van der Waals surface area contributed by atoms with Crippen LogP contribution in [0.2, 0.25) is 0 Å². The highest BCUT2D eigenvalue weighted by atomic mass is 79.9. The van der Waals surface area contributed by atoms with Crippen LogP contribution < -0.4 is 4.74 Å². The molecule has 1 atom stereocenters. The molecule has 1 aliphatic rings. The number of fused-ring (bicyclic) bond motifs is 1. The van der Waals surface area contributed by atoms with E-state index in [2.05, 4.69) is 15.9 Å². The van der Waals surface area contributed by atoms with Gasteiger partial charge in [-0.15, -0.1) is 0 Å². The third-order valence-corrected chi connectivity index (χ3v) is 3.30. The summed E-state index contributed by atoms with van der Waals surface area (Å²) in [4.78, 5) is 11.1. The molecule has 0 spiro atoms. The zero-order valence-electron chi connectivity index (χ0n) is 8.70. The highest BCUT2D eigenvalue weighted by Gasteiger charge is 2.31. The summed E-state index contributed by atoms with van der Waals surface area (Å²) in [6.07, 6.45) is -0.241. The Kier molecular flexibility index (Phi) is 3.16. The van der Waals surface area contributed by atoms with Crippen LogP contribution in [0.15, 0.2) is 16.6 Å². The van der Waals surface area contributed by atoms with E-state index in [0.29, 0.717) is 24.3 Å². The van der Waals surface area contributed by atoms with E-state index in [1.807, 2.05) is 6.07 Å². The molecule has 0 fully saturated rings. The van der Waals surface area contributed by atoms with Crippen molar-refractivity contribution >= 4 is 21.9 Å². The van der Waals surface area contributed by atoms with E-state index in [1.165, 1.54) is 0 Å². The number of halogens is 1. The maximum absolute atomic E-state index is 11.1. The zero-order valence-corrected chi connectivity index (χ0v) is 10.3. The normalized spacial score (nSPS) is 19.0. The van der Waals surface area contributed by atoms with Gasteiger partial charge in [-0.1, -0.05) is 15.9 Å². The second-order valence-corrected chi connectivity index (χ2v) is 4.34. The molecule has 0 bridgehead atoms. The molecule has 4 nitrogen and oxygen atoms in total. The quantitative estimate of drug-likeness (QED) is 0.905. The summed E-state index contributed by atoms with van der Waals surface area (Å²) in [5.74, 6) is -0.261. The van der Waals surface area contributed by atoms with E-state index in [0.717, 1.165) is 10.0 Å². The first-order valence-corrected chi connectivity index (χ1v) is 5.64. The summed E-state index contributed by atoms with van der Waals surface area (Å²) >= 11 is 3.36. The molecule has 0 radical (unpaired) electrons. The number of benzene rings is 1. The van der Waals surface area contributed by atoms with E-state index in [4.69, 9.17) is 14.6 Å². The van der Waals surface area contributed by atoms with Crippen LogP contribution in [0.3, 0.4) is 0 Å². The predicted octanol–water partition coefficient (Wildman–Crippen LogP) is 2.16. The molecule has 0 aliphatic carbocycles. The topological polar surface area (TPSA) is 55.8 Å². The molecule has 5 heteroatoms. The molecule has 1 N–H and O–H groups in total. The first kappa shape index (κ1) is 11.4. The molecular weight excluding hydrogens is 276 g/mol. The number of hydrogen-bond donors (Lipinski definition) is 1. The van der Waals surface area contributed by atoms with Crippen molar-refractivity contribution in [1.82, 2.24) is 0 Å². The van der Waals surface area contributed by atoms with Crippen molar-refractivity contribution in [1.29, 1.82) is 0 Å². The molecule has 1 heterocycles. The average molecular weight is 287 g/mol. The summed E-state index contributed by atoms with van der Waals surface area (Å²) in [6.45, 7) is 0.400. The van der Waals surface area contributed by atoms with Gasteiger partial charge in [0.05, 0.1) is 13.7 Å². The predicted molar refractivity (Wildman–Crippen MR) is 60.7 cm³/mol. The Labute approximate surface area is 101 Å². The standard InChI is InChI=1S/C11H11BrO4/c1-15-8-3-2-7(12)9-6(8)4-5-16-10(9)11(13)14/h2-3,10H,4-5H2,1H3,(H,13,14)/t10-/m0/s1. The molecule has 1 aromatic rings. The summed E-state index contributed by atoms with van der Waals surface area (Å²) in [6, 6.07) is 3.61. The highest BCUT2D eigenvalue weighted by Crippen LogP contribution is 2.38. The van der Waals surface area contributed by atoms with Crippen LogP contribution in [-0.4, -0.2) is 24.8 Å². The van der Waals surface area contributed by atoms with E-state index in [1.54, 1.807) is 13.2 Å². The van der Waals surface area contributed by atoms with E-state index in [9.17, 15) is 4.79 Å². The van der Waals surface area contributed by atoms with Gasteiger partial charge in [-0.3, -0.25) is 0 Å². The molecular formula is C11H11BrO4. The Morgan fingerprint density at radius 3 is 3.00 bits per heavy atom. The van der Waals surface area contributed by atoms with Crippen LogP contribution in [0.5, 0.6) is 5.75 Å². The minimum absolute atomic E-state index is 0.400. The summed E-state index contributed by atoms with van der Waals surface area (Å²) < 4.78 is 11.2. The Morgan fingerprint density at radius 2 is 2.38 bits per heavy atom. The second-order valence-electron chi connectivity index (χ2n) is 3.48. The number of carboxylic acids is 1. The van der Waals surface area contributed by atoms with E-state index >= 15 is 0 Å². The Balaban J connectivity index is 2.58. The van der Waals surface area contributed by atoms with Crippen LogP contribution in [-0.2, 0) is 16.0 Å². The molecule has 1 aliphatic heterocycles. The number of hydrogen-bond acceptors (Lipinski definition) is 3. The lowest BCUT2D eigenvalue weighted by Crippen LogP contribution is -2.24. The van der Waals surface area contributed by atoms with Gasteiger partial charge in [0, 0.05) is 15.6 Å². The van der Waals surface area contributed by atoms with Gasteiger partial charge in [0.15, 0.2) is 6.10 Å². The van der Waals surface area contributed by atoms with Crippen LogP contribution >= 0.6 is 15.9 Å². The lowest BCUT2D eigenvalue weighted by Gasteiger charge is -2.25. The molecule has 86 valence electrons. The second kappa shape index (κ2) is 4.43. The van der Waals surface area contributed by atoms with Crippen molar-refractivity contribution in [3.05, 3.63) is 27.7 Å². The van der Waals surface area contributed by atoms with Gasteiger partial charge in [0.2, 0.25) is 0 Å². The number of ether oxygens (including phenoxy) is 2. The van der Waals surface area contributed by atoms with Gasteiger partial charge in [0.1, 0.15) is 5.75 Å². The average Bonchev–Trinajstić information content (AvgIpc) is 2.29.